The Hall–Kier alpha value is -1.87. The Kier molecular flexibility index (Phi) is 5.56. The number of aromatic nitrogens is 1. The van der Waals surface area contributed by atoms with E-state index in [9.17, 15) is 0 Å². The average molecular weight is 270 g/mol. The molecule has 0 atom stereocenters. The molecule has 0 fully saturated rings. The highest BCUT2D eigenvalue weighted by Gasteiger charge is 2.01. The fourth-order valence-corrected chi connectivity index (χ4v) is 2.18. The minimum absolute atomic E-state index is 0.834. The number of benzene rings is 1. The summed E-state index contributed by atoms with van der Waals surface area (Å²) in [5, 5.41) is 3.46. The van der Waals surface area contributed by atoms with Crippen molar-refractivity contribution < 1.29 is 4.74 Å². The summed E-state index contributed by atoms with van der Waals surface area (Å²) in [6.07, 6.45) is 3.90. The second kappa shape index (κ2) is 7.65. The fourth-order valence-electron chi connectivity index (χ4n) is 2.18. The molecule has 20 heavy (non-hydrogen) atoms. The monoisotopic (exact) mass is 270 g/mol. The first-order valence-corrected chi connectivity index (χ1v) is 7.10. The maximum atomic E-state index is 5.15. The summed E-state index contributed by atoms with van der Waals surface area (Å²) in [5.41, 5.74) is 3.80. The standard InChI is InChI=1S/C17H22N2O/c1-3-15-5-4-11-19-17(15)13-18-12-10-14-6-8-16(20-2)9-7-14/h4-9,11,18H,3,10,12-13H2,1-2H3. The predicted octanol–water partition coefficient (Wildman–Crippen LogP) is 2.98. The average Bonchev–Trinajstić information content (AvgIpc) is 2.52. The van der Waals surface area contributed by atoms with Gasteiger partial charge in [-0.05, 0) is 48.7 Å². The van der Waals surface area contributed by atoms with Crippen LogP contribution < -0.4 is 10.1 Å². The zero-order valence-electron chi connectivity index (χ0n) is 12.2. The van der Waals surface area contributed by atoms with Crippen molar-refractivity contribution in [3.05, 3.63) is 59.4 Å². The van der Waals surface area contributed by atoms with E-state index in [2.05, 4.69) is 35.4 Å². The van der Waals surface area contributed by atoms with Gasteiger partial charge in [-0.25, -0.2) is 0 Å². The maximum absolute atomic E-state index is 5.15. The van der Waals surface area contributed by atoms with Gasteiger partial charge in [0.15, 0.2) is 0 Å². The molecule has 0 radical (unpaired) electrons. The molecule has 1 N–H and O–H groups in total. The molecular weight excluding hydrogens is 248 g/mol. The van der Waals surface area contributed by atoms with Crippen molar-refractivity contribution in [1.29, 1.82) is 0 Å². The van der Waals surface area contributed by atoms with Crippen molar-refractivity contribution >= 4 is 0 Å². The van der Waals surface area contributed by atoms with E-state index in [1.165, 1.54) is 11.1 Å². The van der Waals surface area contributed by atoms with Crippen LogP contribution in [0.3, 0.4) is 0 Å². The summed E-state index contributed by atoms with van der Waals surface area (Å²) < 4.78 is 5.15. The van der Waals surface area contributed by atoms with Crippen LogP contribution in [0.1, 0.15) is 23.7 Å². The lowest BCUT2D eigenvalue weighted by molar-refractivity contribution is 0.414. The lowest BCUT2D eigenvalue weighted by atomic mass is 10.1. The first-order valence-electron chi connectivity index (χ1n) is 7.10. The molecule has 2 rings (SSSR count). The summed E-state index contributed by atoms with van der Waals surface area (Å²) in [6, 6.07) is 12.4. The molecule has 0 amide bonds. The molecule has 0 aliphatic carbocycles. The zero-order valence-corrected chi connectivity index (χ0v) is 12.2. The third kappa shape index (κ3) is 4.07. The van der Waals surface area contributed by atoms with Gasteiger partial charge in [0.05, 0.1) is 12.8 Å². The molecule has 0 unspecified atom stereocenters. The van der Waals surface area contributed by atoms with Crippen LogP contribution in [0.25, 0.3) is 0 Å². The van der Waals surface area contributed by atoms with Gasteiger partial charge in [-0.2, -0.15) is 0 Å². The van der Waals surface area contributed by atoms with Gasteiger partial charge in [-0.3, -0.25) is 4.98 Å². The van der Waals surface area contributed by atoms with Gasteiger partial charge in [0.25, 0.3) is 0 Å². The number of methoxy groups -OCH3 is 1. The lowest BCUT2D eigenvalue weighted by Gasteiger charge is -2.08. The Balaban J connectivity index is 1.78. The van der Waals surface area contributed by atoms with E-state index in [4.69, 9.17) is 4.74 Å². The molecule has 3 nitrogen and oxygen atoms in total. The van der Waals surface area contributed by atoms with Gasteiger partial charge < -0.3 is 10.1 Å². The quantitative estimate of drug-likeness (QED) is 0.785. The van der Waals surface area contributed by atoms with Crippen LogP contribution in [-0.4, -0.2) is 18.6 Å². The molecule has 0 spiro atoms. The van der Waals surface area contributed by atoms with Gasteiger partial charge in [0, 0.05) is 12.7 Å². The first kappa shape index (κ1) is 14.5. The molecule has 0 bridgehead atoms. The molecule has 1 heterocycles. The lowest BCUT2D eigenvalue weighted by Crippen LogP contribution is -2.18. The smallest absolute Gasteiger partial charge is 0.118 e. The van der Waals surface area contributed by atoms with Crippen LogP contribution in [0.15, 0.2) is 42.6 Å². The largest absolute Gasteiger partial charge is 0.497 e. The number of hydrogen-bond donors (Lipinski definition) is 1. The van der Waals surface area contributed by atoms with E-state index in [-0.39, 0.29) is 0 Å². The maximum Gasteiger partial charge on any atom is 0.118 e. The van der Waals surface area contributed by atoms with Crippen LogP contribution in [0.5, 0.6) is 5.75 Å². The van der Waals surface area contributed by atoms with E-state index in [0.717, 1.165) is 37.4 Å². The summed E-state index contributed by atoms with van der Waals surface area (Å²) >= 11 is 0. The number of nitrogens with one attached hydrogen (secondary N) is 1. The Morgan fingerprint density at radius 2 is 1.95 bits per heavy atom. The fraction of sp³-hybridized carbons (Fsp3) is 0.353. The Morgan fingerprint density at radius 1 is 1.15 bits per heavy atom. The molecular formula is C17H22N2O. The molecule has 0 saturated carbocycles. The minimum Gasteiger partial charge on any atom is -0.497 e. The second-order valence-electron chi connectivity index (χ2n) is 4.74. The van der Waals surface area contributed by atoms with Gasteiger partial charge in [0.2, 0.25) is 0 Å². The van der Waals surface area contributed by atoms with Gasteiger partial charge in [-0.15, -0.1) is 0 Å². The van der Waals surface area contributed by atoms with Crippen LogP contribution in [0.2, 0.25) is 0 Å². The first-order chi connectivity index (χ1) is 9.83. The summed E-state index contributed by atoms with van der Waals surface area (Å²) in [5.74, 6) is 0.905. The number of pyridine rings is 1. The normalized spacial score (nSPS) is 10.5. The van der Waals surface area contributed by atoms with Crippen LogP contribution >= 0.6 is 0 Å². The molecule has 106 valence electrons. The summed E-state index contributed by atoms with van der Waals surface area (Å²) in [4.78, 5) is 4.44. The highest BCUT2D eigenvalue weighted by atomic mass is 16.5. The second-order valence-corrected chi connectivity index (χ2v) is 4.74. The van der Waals surface area contributed by atoms with Gasteiger partial charge in [0.1, 0.15) is 5.75 Å². The van der Waals surface area contributed by atoms with Crippen molar-refractivity contribution in [3.63, 3.8) is 0 Å². The number of aryl methyl sites for hydroxylation is 1. The number of ether oxygens (including phenoxy) is 1. The highest BCUT2D eigenvalue weighted by Crippen LogP contribution is 2.11. The SMILES string of the molecule is CCc1cccnc1CNCCc1ccc(OC)cc1. The van der Waals surface area contributed by atoms with E-state index < -0.39 is 0 Å². The van der Waals surface area contributed by atoms with E-state index >= 15 is 0 Å². The molecule has 0 aliphatic rings. The topological polar surface area (TPSA) is 34.2 Å². The summed E-state index contributed by atoms with van der Waals surface area (Å²) in [6.45, 7) is 3.95. The van der Waals surface area contributed by atoms with Gasteiger partial charge in [-0.1, -0.05) is 25.1 Å². The minimum atomic E-state index is 0.834. The van der Waals surface area contributed by atoms with Crippen molar-refractivity contribution in [3.8, 4) is 5.75 Å². The van der Waals surface area contributed by atoms with Gasteiger partial charge >= 0.3 is 0 Å². The zero-order chi connectivity index (χ0) is 14.2. The molecule has 1 aromatic heterocycles. The third-order valence-corrected chi connectivity index (χ3v) is 3.41. The van der Waals surface area contributed by atoms with Crippen molar-refractivity contribution in [2.75, 3.05) is 13.7 Å². The Labute approximate surface area is 121 Å². The van der Waals surface area contributed by atoms with Crippen LogP contribution in [0.4, 0.5) is 0 Å². The molecule has 0 aliphatic heterocycles. The molecule has 2 aromatic rings. The van der Waals surface area contributed by atoms with Crippen molar-refractivity contribution in [2.45, 2.75) is 26.3 Å². The number of hydrogen-bond acceptors (Lipinski definition) is 3. The predicted molar refractivity (Wildman–Crippen MR) is 82.0 cm³/mol. The molecule has 0 saturated heterocycles. The van der Waals surface area contributed by atoms with E-state index in [1.807, 2.05) is 24.4 Å². The molecule has 1 aromatic carbocycles. The van der Waals surface area contributed by atoms with E-state index in [1.54, 1.807) is 7.11 Å². The van der Waals surface area contributed by atoms with Crippen molar-refractivity contribution in [2.24, 2.45) is 0 Å². The highest BCUT2D eigenvalue weighted by molar-refractivity contribution is 5.27. The molecule has 3 heteroatoms. The Bertz CT molecular complexity index is 523. The van der Waals surface area contributed by atoms with Crippen LogP contribution in [-0.2, 0) is 19.4 Å². The third-order valence-electron chi connectivity index (χ3n) is 3.41. The van der Waals surface area contributed by atoms with E-state index in [0.29, 0.717) is 0 Å². The van der Waals surface area contributed by atoms with Crippen molar-refractivity contribution in [1.82, 2.24) is 10.3 Å². The summed E-state index contributed by atoms with van der Waals surface area (Å²) in [7, 11) is 1.69. The Morgan fingerprint density at radius 3 is 2.65 bits per heavy atom. The number of rotatable bonds is 7. The number of nitrogens with zero attached hydrogens (tertiary/aromatic N) is 1. The van der Waals surface area contributed by atoms with Crippen LogP contribution in [0, 0.1) is 0 Å².